The highest BCUT2D eigenvalue weighted by molar-refractivity contribution is 5.96. The van der Waals surface area contributed by atoms with Crippen LogP contribution in [0, 0.1) is 0 Å². The van der Waals surface area contributed by atoms with Gasteiger partial charge in [0.15, 0.2) is 0 Å². The molecule has 1 aliphatic heterocycles. The predicted octanol–water partition coefficient (Wildman–Crippen LogP) is 2.88. The molecule has 0 radical (unpaired) electrons. The SMILES string of the molecule is COC(=O)c1ccc(N2CCN(C)CC2)cc1NCCc1ccccc1. The lowest BCUT2D eigenvalue weighted by Gasteiger charge is -2.34. The van der Waals surface area contributed by atoms with Gasteiger partial charge in [0.25, 0.3) is 0 Å². The first-order valence-electron chi connectivity index (χ1n) is 9.11. The molecular formula is C21H27N3O2. The fourth-order valence-corrected chi connectivity index (χ4v) is 3.21. The van der Waals surface area contributed by atoms with E-state index < -0.39 is 0 Å². The maximum Gasteiger partial charge on any atom is 0.339 e. The van der Waals surface area contributed by atoms with Crippen LogP contribution in [0.15, 0.2) is 48.5 Å². The molecule has 26 heavy (non-hydrogen) atoms. The van der Waals surface area contributed by atoms with Gasteiger partial charge in [-0.05, 0) is 37.2 Å². The lowest BCUT2D eigenvalue weighted by atomic mass is 10.1. The average Bonchev–Trinajstić information content (AvgIpc) is 2.69. The maximum absolute atomic E-state index is 12.1. The van der Waals surface area contributed by atoms with E-state index in [-0.39, 0.29) is 5.97 Å². The number of nitrogens with one attached hydrogen (secondary N) is 1. The van der Waals surface area contributed by atoms with Gasteiger partial charge in [-0.25, -0.2) is 4.79 Å². The number of esters is 1. The number of piperazine rings is 1. The van der Waals surface area contributed by atoms with Crippen LogP contribution in [0.2, 0.25) is 0 Å². The van der Waals surface area contributed by atoms with Crippen molar-refractivity contribution in [1.29, 1.82) is 0 Å². The molecule has 1 N–H and O–H groups in total. The first kappa shape index (κ1) is 18.3. The Morgan fingerprint density at radius 1 is 1.08 bits per heavy atom. The fraction of sp³-hybridized carbons (Fsp3) is 0.381. The molecule has 1 saturated heterocycles. The lowest BCUT2D eigenvalue weighted by molar-refractivity contribution is 0.0602. The zero-order valence-electron chi connectivity index (χ0n) is 15.6. The molecule has 1 aliphatic rings. The van der Waals surface area contributed by atoms with Gasteiger partial charge >= 0.3 is 5.97 Å². The molecule has 0 aromatic heterocycles. The number of ether oxygens (including phenoxy) is 1. The minimum absolute atomic E-state index is 0.308. The number of nitrogens with zero attached hydrogens (tertiary/aromatic N) is 2. The summed E-state index contributed by atoms with van der Waals surface area (Å²) in [6.07, 6.45) is 0.903. The van der Waals surface area contributed by atoms with Crippen molar-refractivity contribution >= 4 is 17.3 Å². The first-order valence-corrected chi connectivity index (χ1v) is 9.11. The Bertz CT molecular complexity index is 725. The summed E-state index contributed by atoms with van der Waals surface area (Å²) in [5.41, 5.74) is 3.84. The summed E-state index contributed by atoms with van der Waals surface area (Å²) in [6, 6.07) is 16.3. The van der Waals surface area contributed by atoms with Crippen molar-refractivity contribution in [2.75, 3.05) is 57.1 Å². The number of likely N-dealkylation sites (N-methyl/N-ethyl adjacent to an activating group) is 1. The standard InChI is InChI=1S/C21H27N3O2/c1-23-12-14-24(15-13-23)18-8-9-19(21(25)26-2)20(16-18)22-11-10-17-6-4-3-5-7-17/h3-9,16,22H,10-15H2,1-2H3. The van der Waals surface area contributed by atoms with Crippen LogP contribution in [-0.4, -0.2) is 57.8 Å². The van der Waals surface area contributed by atoms with Crippen LogP contribution in [0.4, 0.5) is 11.4 Å². The Morgan fingerprint density at radius 3 is 2.50 bits per heavy atom. The van der Waals surface area contributed by atoms with Crippen LogP contribution in [0.25, 0.3) is 0 Å². The van der Waals surface area contributed by atoms with E-state index >= 15 is 0 Å². The summed E-state index contributed by atoms with van der Waals surface area (Å²) in [5.74, 6) is -0.308. The fourth-order valence-electron chi connectivity index (χ4n) is 3.21. The second-order valence-corrected chi connectivity index (χ2v) is 6.67. The van der Waals surface area contributed by atoms with Crippen LogP contribution in [0.5, 0.6) is 0 Å². The molecule has 0 unspecified atom stereocenters. The minimum Gasteiger partial charge on any atom is -0.465 e. The molecule has 3 rings (SSSR count). The van der Waals surface area contributed by atoms with E-state index in [4.69, 9.17) is 4.74 Å². The Balaban J connectivity index is 1.73. The molecule has 2 aromatic carbocycles. The zero-order valence-corrected chi connectivity index (χ0v) is 15.6. The maximum atomic E-state index is 12.1. The Morgan fingerprint density at radius 2 is 1.81 bits per heavy atom. The Kier molecular flexibility index (Phi) is 6.12. The number of carbonyl (C=O) groups excluding carboxylic acids is 1. The van der Waals surface area contributed by atoms with Gasteiger partial charge in [-0.2, -0.15) is 0 Å². The summed E-state index contributed by atoms with van der Waals surface area (Å²) >= 11 is 0. The van der Waals surface area contributed by atoms with E-state index in [1.165, 1.54) is 12.7 Å². The highest BCUT2D eigenvalue weighted by Crippen LogP contribution is 2.25. The third-order valence-corrected chi connectivity index (χ3v) is 4.85. The highest BCUT2D eigenvalue weighted by Gasteiger charge is 2.18. The van der Waals surface area contributed by atoms with E-state index in [0.29, 0.717) is 5.56 Å². The molecule has 1 heterocycles. The lowest BCUT2D eigenvalue weighted by Crippen LogP contribution is -2.44. The molecule has 0 bridgehead atoms. The van der Waals surface area contributed by atoms with Gasteiger partial charge in [-0.1, -0.05) is 30.3 Å². The van der Waals surface area contributed by atoms with Crippen molar-refractivity contribution in [2.24, 2.45) is 0 Å². The zero-order chi connectivity index (χ0) is 18.4. The predicted molar refractivity (Wildman–Crippen MR) is 106 cm³/mol. The van der Waals surface area contributed by atoms with Gasteiger partial charge in [-0.3, -0.25) is 0 Å². The second kappa shape index (κ2) is 8.72. The molecule has 0 amide bonds. The highest BCUT2D eigenvalue weighted by atomic mass is 16.5. The summed E-state index contributed by atoms with van der Waals surface area (Å²) < 4.78 is 4.94. The molecule has 0 atom stereocenters. The largest absolute Gasteiger partial charge is 0.465 e. The van der Waals surface area contributed by atoms with Crippen molar-refractivity contribution in [3.05, 3.63) is 59.7 Å². The topological polar surface area (TPSA) is 44.8 Å². The quantitative estimate of drug-likeness (QED) is 0.809. The van der Waals surface area contributed by atoms with Crippen molar-refractivity contribution in [3.8, 4) is 0 Å². The third kappa shape index (κ3) is 4.55. The van der Waals surface area contributed by atoms with Gasteiger partial charge in [-0.15, -0.1) is 0 Å². The molecule has 5 heteroatoms. The molecule has 2 aromatic rings. The van der Waals surface area contributed by atoms with E-state index in [0.717, 1.165) is 50.5 Å². The number of anilines is 2. The molecule has 0 aliphatic carbocycles. The number of methoxy groups -OCH3 is 1. The molecule has 5 nitrogen and oxygen atoms in total. The minimum atomic E-state index is -0.308. The van der Waals surface area contributed by atoms with Gasteiger partial charge < -0.3 is 19.9 Å². The smallest absolute Gasteiger partial charge is 0.339 e. The number of carbonyl (C=O) groups is 1. The molecular weight excluding hydrogens is 326 g/mol. The van der Waals surface area contributed by atoms with E-state index in [2.05, 4.69) is 40.4 Å². The van der Waals surface area contributed by atoms with Crippen LogP contribution in [0.1, 0.15) is 15.9 Å². The van der Waals surface area contributed by atoms with Crippen LogP contribution in [-0.2, 0) is 11.2 Å². The van der Waals surface area contributed by atoms with Gasteiger partial charge in [0.1, 0.15) is 0 Å². The molecule has 1 fully saturated rings. The molecule has 138 valence electrons. The van der Waals surface area contributed by atoms with Gasteiger partial charge in [0.2, 0.25) is 0 Å². The Hall–Kier alpha value is -2.53. The normalized spacial score (nSPS) is 14.9. The van der Waals surface area contributed by atoms with Crippen LogP contribution >= 0.6 is 0 Å². The summed E-state index contributed by atoms with van der Waals surface area (Å²) in [6.45, 7) is 4.86. The van der Waals surface area contributed by atoms with Crippen LogP contribution in [0.3, 0.4) is 0 Å². The number of benzene rings is 2. The monoisotopic (exact) mass is 353 g/mol. The van der Waals surface area contributed by atoms with E-state index in [9.17, 15) is 4.79 Å². The number of hydrogen-bond donors (Lipinski definition) is 1. The first-order chi connectivity index (χ1) is 12.7. The van der Waals surface area contributed by atoms with E-state index in [1.54, 1.807) is 0 Å². The van der Waals surface area contributed by atoms with Crippen molar-refractivity contribution < 1.29 is 9.53 Å². The second-order valence-electron chi connectivity index (χ2n) is 6.67. The van der Waals surface area contributed by atoms with Crippen molar-refractivity contribution in [1.82, 2.24) is 4.90 Å². The summed E-state index contributed by atoms with van der Waals surface area (Å²) in [7, 11) is 3.57. The third-order valence-electron chi connectivity index (χ3n) is 4.85. The number of rotatable bonds is 6. The summed E-state index contributed by atoms with van der Waals surface area (Å²) in [5, 5.41) is 3.43. The van der Waals surface area contributed by atoms with Crippen molar-refractivity contribution in [3.63, 3.8) is 0 Å². The van der Waals surface area contributed by atoms with Gasteiger partial charge in [0.05, 0.1) is 18.4 Å². The Labute approximate surface area is 155 Å². The van der Waals surface area contributed by atoms with E-state index in [1.807, 2.05) is 30.3 Å². The summed E-state index contributed by atoms with van der Waals surface area (Å²) in [4.78, 5) is 16.8. The molecule has 0 spiro atoms. The van der Waals surface area contributed by atoms with Crippen LogP contribution < -0.4 is 10.2 Å². The number of hydrogen-bond acceptors (Lipinski definition) is 5. The molecule has 0 saturated carbocycles. The van der Waals surface area contributed by atoms with Crippen molar-refractivity contribution in [2.45, 2.75) is 6.42 Å². The average molecular weight is 353 g/mol. The van der Waals surface area contributed by atoms with Gasteiger partial charge in [0, 0.05) is 38.4 Å².